The van der Waals surface area contributed by atoms with Crippen LogP contribution < -0.4 is 5.32 Å². The zero-order valence-corrected chi connectivity index (χ0v) is 41.7. The lowest BCUT2D eigenvalue weighted by Gasteiger charge is -2.24. The van der Waals surface area contributed by atoms with Crippen molar-refractivity contribution < 1.29 is 24.5 Å². The minimum absolute atomic E-state index is 0.0588. The van der Waals surface area contributed by atoms with Gasteiger partial charge in [0.1, 0.15) is 6.10 Å². The number of allylic oxidation sites excluding steroid dienone is 10. The summed E-state index contributed by atoms with van der Waals surface area (Å²) in [6.07, 6.45) is 62.8. The molecule has 0 rings (SSSR count). The van der Waals surface area contributed by atoms with Crippen LogP contribution in [-0.2, 0) is 14.3 Å². The maximum atomic E-state index is 13.2. The molecule has 0 spiro atoms. The van der Waals surface area contributed by atoms with Crippen LogP contribution in [0.25, 0.3) is 0 Å². The average Bonchev–Trinajstić information content (AvgIpc) is 3.28. The maximum Gasteiger partial charge on any atom is 0.306 e. The fourth-order valence-corrected chi connectivity index (χ4v) is 8.00. The number of carbonyl (C=O) groups excluding carboxylic acids is 2. The summed E-state index contributed by atoms with van der Waals surface area (Å²) in [5.41, 5.74) is 0. The fourth-order valence-electron chi connectivity index (χ4n) is 8.00. The number of rotatable bonds is 48. The Bertz CT molecular complexity index is 1130. The van der Waals surface area contributed by atoms with Crippen molar-refractivity contribution >= 4 is 11.9 Å². The zero-order chi connectivity index (χ0) is 45.9. The standard InChI is InChI=1S/C57H103NO5/c1-4-7-10-13-16-19-22-25-27-28-29-31-33-36-39-42-45-48-53(63-57(62)50-47-44-41-38-35-32-26-23-20-17-14-11-8-5-2)51-56(61)58-54(52-59)55(60)49-46-43-40-37-34-30-24-21-18-15-12-9-6-3/h8,11,16-17,19-20,25,27,29,31,53-55,59-60H,4-7,9-10,12-15,18,21-24,26,28,30,32-52H2,1-3H3,(H,58,61)/b11-8+,19-16-,20-17+,27-25-,31-29-. The van der Waals surface area contributed by atoms with E-state index in [1.54, 1.807) is 0 Å². The smallest absolute Gasteiger partial charge is 0.306 e. The molecule has 3 unspecified atom stereocenters. The first-order valence-electron chi connectivity index (χ1n) is 27.0. The third kappa shape index (κ3) is 45.9. The number of hydrogen-bond acceptors (Lipinski definition) is 5. The van der Waals surface area contributed by atoms with Crippen LogP contribution in [0.3, 0.4) is 0 Å². The van der Waals surface area contributed by atoms with Gasteiger partial charge in [0.25, 0.3) is 0 Å². The fraction of sp³-hybridized carbons (Fsp3) is 0.789. The number of hydrogen-bond donors (Lipinski definition) is 3. The summed E-state index contributed by atoms with van der Waals surface area (Å²) >= 11 is 0. The molecule has 0 aromatic rings. The third-order valence-electron chi connectivity index (χ3n) is 12.1. The molecule has 6 nitrogen and oxygen atoms in total. The molecule has 3 N–H and O–H groups in total. The molecule has 3 atom stereocenters. The van der Waals surface area contributed by atoms with Gasteiger partial charge >= 0.3 is 5.97 Å². The third-order valence-corrected chi connectivity index (χ3v) is 12.1. The highest BCUT2D eigenvalue weighted by Crippen LogP contribution is 2.18. The molecule has 0 bridgehead atoms. The van der Waals surface area contributed by atoms with E-state index in [4.69, 9.17) is 4.74 Å². The van der Waals surface area contributed by atoms with Crippen molar-refractivity contribution in [3.8, 4) is 0 Å². The molecule has 6 heteroatoms. The van der Waals surface area contributed by atoms with E-state index in [9.17, 15) is 19.8 Å². The number of ether oxygens (including phenoxy) is 1. The Balaban J connectivity index is 4.64. The van der Waals surface area contributed by atoms with Crippen LogP contribution in [-0.4, -0.2) is 46.9 Å². The van der Waals surface area contributed by atoms with Crippen molar-refractivity contribution in [3.05, 3.63) is 60.8 Å². The van der Waals surface area contributed by atoms with Gasteiger partial charge in [0, 0.05) is 6.42 Å². The highest BCUT2D eigenvalue weighted by atomic mass is 16.5. The quantitative estimate of drug-likeness (QED) is 0.0321. The van der Waals surface area contributed by atoms with Gasteiger partial charge in [0.15, 0.2) is 0 Å². The lowest BCUT2D eigenvalue weighted by atomic mass is 10.0. The Morgan fingerprint density at radius 1 is 0.476 bits per heavy atom. The Morgan fingerprint density at radius 2 is 0.857 bits per heavy atom. The molecule has 0 aromatic heterocycles. The lowest BCUT2D eigenvalue weighted by Crippen LogP contribution is -2.46. The van der Waals surface area contributed by atoms with E-state index in [0.717, 1.165) is 103 Å². The Hall–Kier alpha value is -2.44. The zero-order valence-electron chi connectivity index (χ0n) is 41.7. The minimum atomic E-state index is -0.796. The second kappa shape index (κ2) is 50.6. The summed E-state index contributed by atoms with van der Waals surface area (Å²) < 4.78 is 5.93. The molecule has 0 aliphatic heterocycles. The normalized spacial score (nSPS) is 13.7. The average molecular weight is 882 g/mol. The Kier molecular flexibility index (Phi) is 48.6. The first-order valence-corrected chi connectivity index (χ1v) is 27.0. The van der Waals surface area contributed by atoms with Crippen molar-refractivity contribution in [2.45, 2.75) is 283 Å². The van der Waals surface area contributed by atoms with E-state index >= 15 is 0 Å². The lowest BCUT2D eigenvalue weighted by molar-refractivity contribution is -0.151. The molecule has 0 saturated carbocycles. The van der Waals surface area contributed by atoms with E-state index in [-0.39, 0.29) is 24.9 Å². The van der Waals surface area contributed by atoms with Crippen molar-refractivity contribution in [2.75, 3.05) is 6.61 Å². The van der Waals surface area contributed by atoms with Crippen LogP contribution in [0.1, 0.15) is 265 Å². The molecule has 63 heavy (non-hydrogen) atoms. The highest BCUT2D eigenvalue weighted by Gasteiger charge is 2.24. The molecule has 0 aromatic carbocycles. The molecular formula is C57H103NO5. The molecule has 0 saturated heterocycles. The van der Waals surface area contributed by atoms with Gasteiger partial charge in [-0.1, -0.05) is 223 Å². The summed E-state index contributed by atoms with van der Waals surface area (Å²) in [4.78, 5) is 26.2. The van der Waals surface area contributed by atoms with E-state index < -0.39 is 18.2 Å². The summed E-state index contributed by atoms with van der Waals surface area (Å²) in [5.74, 6) is -0.501. The summed E-state index contributed by atoms with van der Waals surface area (Å²) in [6.45, 7) is 6.35. The number of esters is 1. The van der Waals surface area contributed by atoms with E-state index in [1.807, 2.05) is 0 Å². The number of carbonyl (C=O) groups is 2. The molecule has 0 fully saturated rings. The van der Waals surface area contributed by atoms with Gasteiger partial charge in [-0.3, -0.25) is 9.59 Å². The van der Waals surface area contributed by atoms with E-state index in [1.165, 1.54) is 116 Å². The minimum Gasteiger partial charge on any atom is -0.462 e. The molecular weight excluding hydrogens is 779 g/mol. The number of amides is 1. The summed E-state index contributed by atoms with van der Waals surface area (Å²) in [6, 6.07) is -0.712. The van der Waals surface area contributed by atoms with Crippen molar-refractivity contribution in [1.82, 2.24) is 5.32 Å². The van der Waals surface area contributed by atoms with Crippen LogP contribution >= 0.6 is 0 Å². The monoisotopic (exact) mass is 882 g/mol. The first kappa shape index (κ1) is 60.6. The Morgan fingerprint density at radius 3 is 1.33 bits per heavy atom. The van der Waals surface area contributed by atoms with Crippen molar-refractivity contribution in [1.29, 1.82) is 0 Å². The van der Waals surface area contributed by atoms with Gasteiger partial charge in [-0.25, -0.2) is 0 Å². The summed E-state index contributed by atoms with van der Waals surface area (Å²) in [7, 11) is 0. The largest absolute Gasteiger partial charge is 0.462 e. The van der Waals surface area contributed by atoms with Crippen LogP contribution in [0.2, 0.25) is 0 Å². The van der Waals surface area contributed by atoms with Gasteiger partial charge in [-0.05, 0) is 89.9 Å². The number of aliphatic hydroxyl groups excluding tert-OH is 2. The van der Waals surface area contributed by atoms with Gasteiger partial charge in [0.05, 0.1) is 25.2 Å². The van der Waals surface area contributed by atoms with Crippen molar-refractivity contribution in [2.24, 2.45) is 0 Å². The second-order valence-electron chi connectivity index (χ2n) is 18.2. The molecule has 0 aliphatic rings. The molecule has 0 heterocycles. The second-order valence-corrected chi connectivity index (χ2v) is 18.2. The highest BCUT2D eigenvalue weighted by molar-refractivity contribution is 5.77. The van der Waals surface area contributed by atoms with Crippen LogP contribution in [0, 0.1) is 0 Å². The number of unbranched alkanes of at least 4 members (excludes halogenated alkanes) is 26. The first-order chi connectivity index (χ1) is 31.0. The number of aliphatic hydroxyl groups is 2. The van der Waals surface area contributed by atoms with Gasteiger partial charge in [-0.15, -0.1) is 0 Å². The predicted molar refractivity (Wildman–Crippen MR) is 273 cm³/mol. The SMILES string of the molecule is CC/C=C/C/C=C/CCCCCCCCCC(=O)OC(CCCCCC/C=C\C/C=C\C/C=C\CCCCC)CC(=O)NC(CO)C(O)CCCCCCCCCCCCCCC. The van der Waals surface area contributed by atoms with Crippen LogP contribution in [0.4, 0.5) is 0 Å². The van der Waals surface area contributed by atoms with Gasteiger partial charge in [-0.2, -0.15) is 0 Å². The molecule has 0 radical (unpaired) electrons. The molecule has 366 valence electrons. The van der Waals surface area contributed by atoms with E-state index in [2.05, 4.69) is 86.8 Å². The van der Waals surface area contributed by atoms with Crippen LogP contribution in [0.15, 0.2) is 60.8 Å². The summed E-state index contributed by atoms with van der Waals surface area (Å²) in [5, 5.41) is 23.8. The van der Waals surface area contributed by atoms with Crippen LogP contribution in [0.5, 0.6) is 0 Å². The van der Waals surface area contributed by atoms with Crippen molar-refractivity contribution in [3.63, 3.8) is 0 Å². The molecule has 0 aliphatic carbocycles. The topological polar surface area (TPSA) is 95.9 Å². The molecule has 1 amide bonds. The number of nitrogens with one attached hydrogen (secondary N) is 1. The van der Waals surface area contributed by atoms with Gasteiger partial charge in [0.2, 0.25) is 5.91 Å². The van der Waals surface area contributed by atoms with E-state index in [0.29, 0.717) is 19.3 Å². The maximum absolute atomic E-state index is 13.2. The van der Waals surface area contributed by atoms with Gasteiger partial charge < -0.3 is 20.3 Å². The Labute approximate surface area is 390 Å². The predicted octanol–water partition coefficient (Wildman–Crippen LogP) is 16.4.